The lowest BCUT2D eigenvalue weighted by molar-refractivity contribution is 0.0671. The average Bonchev–Trinajstić information content (AvgIpc) is 3.08. The molecule has 0 bridgehead atoms. The molecule has 1 aromatic carbocycles. The van der Waals surface area contributed by atoms with E-state index in [2.05, 4.69) is 70.9 Å². The van der Waals surface area contributed by atoms with Crippen LogP contribution in [0, 0.1) is 6.92 Å². The maximum Gasteiger partial charge on any atom is 0.191 e. The molecule has 2 unspecified atom stereocenters. The molecule has 0 spiro atoms. The zero-order chi connectivity index (χ0) is 20.7. The number of guanidine groups is 1. The molecular formula is C21H35IN6O. The summed E-state index contributed by atoms with van der Waals surface area (Å²) in [6.45, 7) is 7.57. The topological polar surface area (TPSA) is 77.7 Å². The highest BCUT2D eigenvalue weighted by atomic mass is 127. The van der Waals surface area contributed by atoms with E-state index in [1.165, 1.54) is 11.1 Å². The molecule has 0 saturated heterocycles. The Bertz CT molecular complexity index is 770. The van der Waals surface area contributed by atoms with Crippen LogP contribution in [0.5, 0.6) is 0 Å². The molecule has 7 nitrogen and oxygen atoms in total. The molecule has 1 aromatic heterocycles. The van der Waals surface area contributed by atoms with E-state index in [4.69, 9.17) is 0 Å². The summed E-state index contributed by atoms with van der Waals surface area (Å²) in [5, 5.41) is 21.6. The number of aliphatic imine (C=N–C) groups is 1. The van der Waals surface area contributed by atoms with Crippen molar-refractivity contribution >= 4 is 29.9 Å². The molecule has 0 saturated carbocycles. The van der Waals surface area contributed by atoms with Crippen LogP contribution < -0.4 is 10.6 Å². The number of rotatable bonds is 8. The molecule has 162 valence electrons. The predicted octanol–water partition coefficient (Wildman–Crippen LogP) is 2.41. The first-order valence-electron chi connectivity index (χ1n) is 9.69. The van der Waals surface area contributed by atoms with Gasteiger partial charge >= 0.3 is 0 Å². The second-order valence-corrected chi connectivity index (χ2v) is 7.64. The van der Waals surface area contributed by atoms with Crippen molar-refractivity contribution in [2.45, 2.75) is 32.4 Å². The van der Waals surface area contributed by atoms with Crippen molar-refractivity contribution in [1.29, 1.82) is 0 Å². The first-order valence-corrected chi connectivity index (χ1v) is 9.69. The Labute approximate surface area is 191 Å². The molecule has 0 radical (unpaired) electrons. The van der Waals surface area contributed by atoms with Gasteiger partial charge in [0.15, 0.2) is 5.96 Å². The summed E-state index contributed by atoms with van der Waals surface area (Å²) in [7, 11) is 5.98. The lowest BCUT2D eigenvalue weighted by Gasteiger charge is -2.26. The first kappa shape index (κ1) is 25.4. The van der Waals surface area contributed by atoms with Gasteiger partial charge < -0.3 is 20.6 Å². The maximum absolute atomic E-state index is 10.8. The molecule has 0 aliphatic heterocycles. The first-order chi connectivity index (χ1) is 13.2. The fourth-order valence-electron chi connectivity index (χ4n) is 2.95. The number of nitrogens with one attached hydrogen (secondary N) is 2. The highest BCUT2D eigenvalue weighted by Crippen LogP contribution is 2.20. The second-order valence-electron chi connectivity index (χ2n) is 7.64. The van der Waals surface area contributed by atoms with Gasteiger partial charge in [-0.3, -0.25) is 4.68 Å². The van der Waals surface area contributed by atoms with E-state index < -0.39 is 5.60 Å². The van der Waals surface area contributed by atoms with Crippen LogP contribution in [-0.4, -0.2) is 59.5 Å². The van der Waals surface area contributed by atoms with Gasteiger partial charge in [-0.2, -0.15) is 5.10 Å². The smallest absolute Gasteiger partial charge is 0.191 e. The van der Waals surface area contributed by atoms with E-state index in [0.29, 0.717) is 12.5 Å². The van der Waals surface area contributed by atoms with Crippen LogP contribution >= 0.6 is 24.0 Å². The van der Waals surface area contributed by atoms with Crippen molar-refractivity contribution in [2.24, 2.45) is 12.0 Å². The molecule has 1 heterocycles. The van der Waals surface area contributed by atoms with Crippen LogP contribution in [0.3, 0.4) is 0 Å². The summed E-state index contributed by atoms with van der Waals surface area (Å²) in [4.78, 5) is 6.79. The zero-order valence-electron chi connectivity index (χ0n) is 18.3. The lowest BCUT2D eigenvalue weighted by atomic mass is 10.0. The van der Waals surface area contributed by atoms with Gasteiger partial charge in [-0.25, -0.2) is 4.99 Å². The number of aryl methyl sites for hydroxylation is 2. The van der Waals surface area contributed by atoms with Gasteiger partial charge in [0.1, 0.15) is 5.60 Å². The van der Waals surface area contributed by atoms with E-state index >= 15 is 0 Å². The van der Waals surface area contributed by atoms with Crippen molar-refractivity contribution in [2.75, 3.05) is 33.7 Å². The third kappa shape index (κ3) is 7.60. The van der Waals surface area contributed by atoms with Crippen molar-refractivity contribution < 1.29 is 5.11 Å². The third-order valence-electron chi connectivity index (χ3n) is 4.76. The number of likely N-dealkylation sites (N-methyl/N-ethyl adjacent to an activating group) is 1. The molecule has 2 rings (SSSR count). The number of aromatic nitrogens is 2. The standard InChI is InChI=1S/C21H34N6O.HI/c1-7-22-20(24-15-21(3,28)18-12-25-27(6)14-18)23-13-19(26(4)5)17-10-8-16(2)9-11-17;/h8-12,14,19,28H,7,13,15H2,1-6H3,(H2,22,23,24);1H. The van der Waals surface area contributed by atoms with Gasteiger partial charge in [-0.1, -0.05) is 29.8 Å². The van der Waals surface area contributed by atoms with E-state index in [1.54, 1.807) is 17.8 Å². The summed E-state index contributed by atoms with van der Waals surface area (Å²) in [5.41, 5.74) is 2.18. The van der Waals surface area contributed by atoms with Gasteiger partial charge in [0.2, 0.25) is 0 Å². The monoisotopic (exact) mass is 514 g/mol. The van der Waals surface area contributed by atoms with E-state index in [1.807, 2.05) is 20.2 Å². The molecule has 0 fully saturated rings. The van der Waals surface area contributed by atoms with Crippen molar-refractivity contribution in [3.05, 3.63) is 53.3 Å². The van der Waals surface area contributed by atoms with Gasteiger partial charge in [0.25, 0.3) is 0 Å². The molecule has 3 N–H and O–H groups in total. The minimum absolute atomic E-state index is 0. The fourth-order valence-corrected chi connectivity index (χ4v) is 2.95. The second kappa shape index (κ2) is 11.5. The van der Waals surface area contributed by atoms with Crippen LogP contribution in [0.25, 0.3) is 0 Å². The summed E-state index contributed by atoms with van der Waals surface area (Å²) in [6, 6.07) is 8.81. The predicted molar refractivity (Wildman–Crippen MR) is 130 cm³/mol. The molecule has 2 aromatic rings. The Kier molecular flexibility index (Phi) is 10.1. The Morgan fingerprint density at radius 2 is 1.93 bits per heavy atom. The van der Waals surface area contributed by atoms with E-state index in [9.17, 15) is 5.11 Å². The Balaban J connectivity index is 0.00000420. The summed E-state index contributed by atoms with van der Waals surface area (Å²) >= 11 is 0. The van der Waals surface area contributed by atoms with E-state index in [0.717, 1.165) is 12.1 Å². The number of halogens is 1. The molecule has 0 aliphatic carbocycles. The third-order valence-corrected chi connectivity index (χ3v) is 4.76. The highest BCUT2D eigenvalue weighted by Gasteiger charge is 2.24. The van der Waals surface area contributed by atoms with Crippen LogP contribution in [0.4, 0.5) is 0 Å². The van der Waals surface area contributed by atoms with Crippen LogP contribution in [-0.2, 0) is 12.6 Å². The van der Waals surface area contributed by atoms with E-state index in [-0.39, 0.29) is 36.6 Å². The molecule has 29 heavy (non-hydrogen) atoms. The minimum Gasteiger partial charge on any atom is -0.383 e. The summed E-state index contributed by atoms with van der Waals surface area (Å²) in [5.74, 6) is 0.686. The van der Waals surface area contributed by atoms with Crippen molar-refractivity contribution in [1.82, 2.24) is 25.3 Å². The van der Waals surface area contributed by atoms with Crippen LogP contribution in [0.1, 0.15) is 36.6 Å². The number of aliphatic hydroxyl groups is 1. The van der Waals surface area contributed by atoms with Gasteiger partial charge in [0, 0.05) is 31.9 Å². The molecule has 0 amide bonds. The normalized spacial score (nSPS) is 14.8. The minimum atomic E-state index is -1.07. The highest BCUT2D eigenvalue weighted by molar-refractivity contribution is 14.0. The number of nitrogens with zero attached hydrogens (tertiary/aromatic N) is 4. The van der Waals surface area contributed by atoms with Crippen molar-refractivity contribution in [3.8, 4) is 0 Å². The Morgan fingerprint density at radius 1 is 1.28 bits per heavy atom. The fraction of sp³-hybridized carbons (Fsp3) is 0.524. The summed E-state index contributed by atoms with van der Waals surface area (Å²) < 4.78 is 1.68. The summed E-state index contributed by atoms with van der Waals surface area (Å²) in [6.07, 6.45) is 3.49. The van der Waals surface area contributed by atoms with Gasteiger partial charge in [0.05, 0.1) is 18.8 Å². The molecule has 8 heteroatoms. The SMILES string of the molecule is CCNC(=NCC(C)(O)c1cnn(C)c1)NCC(c1ccc(C)cc1)N(C)C.I. The Morgan fingerprint density at radius 3 is 2.45 bits per heavy atom. The lowest BCUT2D eigenvalue weighted by Crippen LogP contribution is -2.42. The molecule has 0 aliphatic rings. The zero-order valence-corrected chi connectivity index (χ0v) is 20.6. The number of benzene rings is 1. The van der Waals surface area contributed by atoms with Crippen LogP contribution in [0.2, 0.25) is 0 Å². The quantitative estimate of drug-likeness (QED) is 0.287. The van der Waals surface area contributed by atoms with Gasteiger partial charge in [-0.15, -0.1) is 24.0 Å². The van der Waals surface area contributed by atoms with Crippen LogP contribution in [0.15, 0.2) is 41.7 Å². The molecular weight excluding hydrogens is 479 g/mol. The van der Waals surface area contributed by atoms with Crippen molar-refractivity contribution in [3.63, 3.8) is 0 Å². The molecule has 2 atom stereocenters. The maximum atomic E-state index is 10.8. The van der Waals surface area contributed by atoms with Gasteiger partial charge in [-0.05, 0) is 40.4 Å². The number of hydrogen-bond donors (Lipinski definition) is 3. The largest absolute Gasteiger partial charge is 0.383 e. The average molecular weight is 514 g/mol. The Hall–Kier alpha value is -1.65. The number of hydrogen-bond acceptors (Lipinski definition) is 4.